The quantitative estimate of drug-likeness (QED) is 0.136. The van der Waals surface area contributed by atoms with Crippen molar-refractivity contribution < 1.29 is 19.5 Å². The number of fused-ring (bicyclic) bond motifs is 1. The molecule has 2 N–H and O–H groups in total. The number of nitrogens with one attached hydrogen (secondary N) is 1. The van der Waals surface area contributed by atoms with Gasteiger partial charge in [0, 0.05) is 35.6 Å². The van der Waals surface area contributed by atoms with Crippen LogP contribution in [0.3, 0.4) is 0 Å². The van der Waals surface area contributed by atoms with Crippen LogP contribution in [0.2, 0.25) is 0 Å². The Balaban J connectivity index is 0. The molecule has 1 aliphatic heterocycles. The number of rotatable bonds is 9. The molecule has 1 saturated carbocycles. The van der Waals surface area contributed by atoms with E-state index in [1.54, 1.807) is 5.48 Å². The number of ether oxygens (including phenoxy) is 1. The number of hydrogen-bond donors (Lipinski definition) is 2. The number of pyridine rings is 1. The molecule has 0 radical (unpaired) electrons. The molecule has 1 aromatic heterocycles. The molecule has 1 aliphatic carbocycles. The predicted molar refractivity (Wildman–Crippen MR) is 208 cm³/mol. The number of carbonyl (C=O) groups excluding carboxylic acids is 2. The fourth-order valence-electron chi connectivity index (χ4n) is 6.25. The van der Waals surface area contributed by atoms with Crippen molar-refractivity contribution >= 4 is 22.7 Å². The summed E-state index contributed by atoms with van der Waals surface area (Å²) in [6.07, 6.45) is 1.78. The van der Waals surface area contributed by atoms with Gasteiger partial charge in [0.1, 0.15) is 12.4 Å². The lowest BCUT2D eigenvalue weighted by molar-refractivity contribution is -0.140. The van der Waals surface area contributed by atoms with Crippen molar-refractivity contribution in [3.8, 4) is 17.0 Å². The number of hydroxylamine groups is 1. The Bertz CT molecular complexity index is 1590. The molecule has 8 heteroatoms. The van der Waals surface area contributed by atoms with E-state index in [0.717, 1.165) is 45.5 Å². The molecule has 3 aromatic carbocycles. The molecule has 2 amide bonds. The lowest BCUT2D eigenvalue weighted by atomic mass is 9.92. The smallest absolute Gasteiger partial charge is 0.247 e. The Morgan fingerprint density at radius 3 is 2.16 bits per heavy atom. The third-order valence-corrected chi connectivity index (χ3v) is 8.82. The van der Waals surface area contributed by atoms with Crippen LogP contribution in [0.15, 0.2) is 84.9 Å². The highest BCUT2D eigenvalue weighted by atomic mass is 16.5. The topological polar surface area (TPSA) is 95.0 Å². The van der Waals surface area contributed by atoms with Crippen molar-refractivity contribution in [2.75, 3.05) is 27.2 Å². The number of aromatic nitrogens is 1. The molecular weight excluding hydrogens is 612 g/mol. The molecule has 272 valence electrons. The van der Waals surface area contributed by atoms with Crippen LogP contribution in [0.1, 0.15) is 76.0 Å². The summed E-state index contributed by atoms with van der Waals surface area (Å²) in [5.41, 5.74) is 5.81. The summed E-state index contributed by atoms with van der Waals surface area (Å²) in [4.78, 5) is 35.0. The molecule has 0 spiro atoms. The summed E-state index contributed by atoms with van der Waals surface area (Å²) in [6.45, 7) is 1.72. The van der Waals surface area contributed by atoms with Gasteiger partial charge in [-0.25, -0.2) is 10.5 Å². The van der Waals surface area contributed by atoms with Gasteiger partial charge in [0.2, 0.25) is 11.8 Å². The first-order valence-electron chi connectivity index (χ1n) is 14.4. The molecule has 49 heavy (non-hydrogen) atoms. The molecule has 2 fully saturated rings. The Hall–Kier alpha value is -4.27. The molecule has 0 unspecified atom stereocenters. The third-order valence-electron chi connectivity index (χ3n) is 8.82. The van der Waals surface area contributed by atoms with E-state index in [4.69, 9.17) is 9.72 Å². The average molecular weight is 677 g/mol. The molecule has 2 heterocycles. The number of likely N-dealkylation sites (N-methyl/N-ethyl adjacent to an activating group) is 1. The van der Waals surface area contributed by atoms with Crippen molar-refractivity contribution in [1.29, 1.82) is 0 Å². The van der Waals surface area contributed by atoms with E-state index < -0.39 is 17.2 Å². The van der Waals surface area contributed by atoms with Crippen LogP contribution in [0.4, 0.5) is 0 Å². The SMILES string of the molecule is C.C.C.C.C.C.C.CN(C)[C@@H]1CCN(C(=O)[C@@]2(Cc3ccc(OCc4cc(-c5ccccc5)nc5ccccc45)cc3)C[C@@H]2C(=O)NO)C1. The van der Waals surface area contributed by atoms with Gasteiger partial charge in [-0.05, 0) is 63.2 Å². The third kappa shape index (κ3) is 9.67. The van der Waals surface area contributed by atoms with Gasteiger partial charge in [0.25, 0.3) is 0 Å². The summed E-state index contributed by atoms with van der Waals surface area (Å²) < 4.78 is 6.23. The molecule has 3 atom stereocenters. The minimum Gasteiger partial charge on any atom is -0.489 e. The van der Waals surface area contributed by atoms with Gasteiger partial charge in [0.05, 0.1) is 22.5 Å². The van der Waals surface area contributed by atoms with Gasteiger partial charge < -0.3 is 14.5 Å². The minimum absolute atomic E-state index is 0. The van der Waals surface area contributed by atoms with Gasteiger partial charge in [-0.1, -0.05) is 113 Å². The Kier molecular flexibility index (Phi) is 18.8. The van der Waals surface area contributed by atoms with Crippen molar-refractivity contribution in [1.82, 2.24) is 20.3 Å². The van der Waals surface area contributed by atoms with Crippen molar-refractivity contribution in [2.45, 2.75) is 83.9 Å². The highest BCUT2D eigenvalue weighted by molar-refractivity contribution is 5.96. The van der Waals surface area contributed by atoms with Gasteiger partial charge >= 0.3 is 0 Å². The van der Waals surface area contributed by atoms with E-state index >= 15 is 0 Å². The largest absolute Gasteiger partial charge is 0.489 e. The molecule has 6 rings (SSSR count). The first-order chi connectivity index (χ1) is 20.4. The zero-order valence-electron chi connectivity index (χ0n) is 24.0. The first kappa shape index (κ1) is 46.8. The number of para-hydroxylation sites is 1. The van der Waals surface area contributed by atoms with Gasteiger partial charge in [-0.3, -0.25) is 14.8 Å². The second-order valence-corrected chi connectivity index (χ2v) is 11.7. The Morgan fingerprint density at radius 1 is 0.918 bits per heavy atom. The zero-order chi connectivity index (χ0) is 29.3. The van der Waals surface area contributed by atoms with Crippen LogP contribution in [-0.2, 0) is 22.6 Å². The fraction of sp³-hybridized carbons (Fsp3) is 0.439. The number of benzene rings is 3. The summed E-state index contributed by atoms with van der Waals surface area (Å²) in [7, 11) is 4.05. The van der Waals surface area contributed by atoms with E-state index in [2.05, 4.69) is 29.2 Å². The second kappa shape index (κ2) is 19.7. The van der Waals surface area contributed by atoms with Crippen molar-refractivity contribution in [3.63, 3.8) is 0 Å². The fourth-order valence-corrected chi connectivity index (χ4v) is 6.25. The molecule has 4 aromatic rings. The number of nitrogens with zero attached hydrogens (tertiary/aromatic N) is 3. The van der Waals surface area contributed by atoms with E-state index in [1.165, 1.54) is 0 Å². The van der Waals surface area contributed by atoms with Crippen molar-refractivity contribution in [3.05, 3.63) is 96.1 Å². The number of carbonyl (C=O) groups is 2. The highest BCUT2D eigenvalue weighted by Crippen LogP contribution is 2.56. The monoisotopic (exact) mass is 676 g/mol. The van der Waals surface area contributed by atoms with Crippen LogP contribution >= 0.6 is 0 Å². The van der Waals surface area contributed by atoms with Gasteiger partial charge in [-0.15, -0.1) is 0 Å². The summed E-state index contributed by atoms with van der Waals surface area (Å²) in [5, 5.41) is 10.3. The number of amides is 2. The number of likely N-dealkylation sites (tertiary alicyclic amines) is 1. The Labute approximate surface area is 297 Å². The zero-order valence-corrected chi connectivity index (χ0v) is 24.0. The number of hydrogen-bond acceptors (Lipinski definition) is 6. The highest BCUT2D eigenvalue weighted by Gasteiger charge is 2.64. The second-order valence-electron chi connectivity index (χ2n) is 11.7. The van der Waals surface area contributed by atoms with Crippen molar-refractivity contribution in [2.24, 2.45) is 11.3 Å². The summed E-state index contributed by atoms with van der Waals surface area (Å²) in [5.74, 6) is -0.316. The first-order valence-corrected chi connectivity index (χ1v) is 14.4. The van der Waals surface area contributed by atoms with E-state index in [9.17, 15) is 14.8 Å². The molecule has 0 bridgehead atoms. The van der Waals surface area contributed by atoms with E-state index in [1.807, 2.05) is 79.7 Å². The van der Waals surface area contributed by atoms with E-state index in [-0.39, 0.29) is 57.9 Å². The maximum Gasteiger partial charge on any atom is 0.247 e. The van der Waals surface area contributed by atoms with Gasteiger partial charge in [0.15, 0.2) is 0 Å². The average Bonchev–Trinajstić information content (AvgIpc) is 3.52. The summed E-state index contributed by atoms with van der Waals surface area (Å²) >= 11 is 0. The van der Waals surface area contributed by atoms with Crippen LogP contribution < -0.4 is 10.2 Å². The lowest BCUT2D eigenvalue weighted by Crippen LogP contribution is -2.41. The van der Waals surface area contributed by atoms with Gasteiger partial charge in [-0.2, -0.15) is 0 Å². The molecule has 1 saturated heterocycles. The molecule has 8 nitrogen and oxygen atoms in total. The lowest BCUT2D eigenvalue weighted by Gasteiger charge is -2.25. The molecule has 2 aliphatic rings. The van der Waals surface area contributed by atoms with Crippen LogP contribution in [0.25, 0.3) is 22.2 Å². The minimum atomic E-state index is -0.833. The van der Waals surface area contributed by atoms with E-state index in [0.29, 0.717) is 38.6 Å². The molecular formula is C41H64N4O4. The predicted octanol–water partition coefficient (Wildman–Crippen LogP) is 9.15. The summed E-state index contributed by atoms with van der Waals surface area (Å²) in [6, 6.07) is 28.3. The van der Waals surface area contributed by atoms with Crippen LogP contribution in [-0.4, -0.2) is 65.0 Å². The standard InChI is InChI=1S/C34H36N4O4.7CH4/c1-37(2)26-16-17-38(21-26)33(40)34(20-29(34)32(39)36-41)19-23-12-14-27(15-13-23)42-22-25-18-31(24-8-4-3-5-9-24)35-30-11-7-6-10-28(25)30;;;;;;;/h3-15,18,26,29,41H,16-17,19-22H2,1-2H3,(H,36,39);7*1H4/t26-,29-,34+;;;;;;;/m1......./s1. The van der Waals surface area contributed by atoms with Crippen LogP contribution in [0, 0.1) is 11.3 Å². The maximum atomic E-state index is 13.7. The van der Waals surface area contributed by atoms with Crippen LogP contribution in [0.5, 0.6) is 5.75 Å². The Morgan fingerprint density at radius 2 is 1.55 bits per heavy atom. The normalized spacial score (nSPS) is 18.4. The maximum absolute atomic E-state index is 13.7.